The Morgan fingerprint density at radius 2 is 2.13 bits per heavy atom. The Labute approximate surface area is 141 Å². The molecule has 3 atom stereocenters. The standard InChI is InChI=1S/C18H34N2O3/c1-5-14-7-6-8-15(11-14)19-12-16-13-22-10-9-20(16)17(21)23-18(2,3)4/h14-16,19H,5-13H2,1-4H3. The molecule has 0 bridgehead atoms. The molecule has 3 unspecified atom stereocenters. The van der Waals surface area contributed by atoms with Crippen LogP contribution in [-0.2, 0) is 9.47 Å². The molecular formula is C18H34N2O3. The molecule has 1 aliphatic heterocycles. The molecule has 0 spiro atoms. The third-order valence-electron chi connectivity index (χ3n) is 4.86. The smallest absolute Gasteiger partial charge is 0.410 e. The van der Waals surface area contributed by atoms with Crippen LogP contribution in [0.1, 0.15) is 59.8 Å². The van der Waals surface area contributed by atoms with E-state index in [-0.39, 0.29) is 12.1 Å². The number of nitrogens with one attached hydrogen (secondary N) is 1. The van der Waals surface area contributed by atoms with Crippen LogP contribution in [0, 0.1) is 5.92 Å². The fourth-order valence-corrected chi connectivity index (χ4v) is 3.53. The maximum atomic E-state index is 12.4. The lowest BCUT2D eigenvalue weighted by Gasteiger charge is -2.38. The predicted octanol–water partition coefficient (Wildman–Crippen LogP) is 3.18. The van der Waals surface area contributed by atoms with E-state index < -0.39 is 5.60 Å². The Hall–Kier alpha value is -0.810. The van der Waals surface area contributed by atoms with Crippen LogP contribution in [0.4, 0.5) is 4.79 Å². The lowest BCUT2D eigenvalue weighted by atomic mass is 9.84. The van der Waals surface area contributed by atoms with Gasteiger partial charge in [-0.05, 0) is 39.5 Å². The summed E-state index contributed by atoms with van der Waals surface area (Å²) < 4.78 is 11.1. The van der Waals surface area contributed by atoms with Crippen LogP contribution in [0.2, 0.25) is 0 Å². The van der Waals surface area contributed by atoms with Gasteiger partial charge in [-0.1, -0.05) is 26.2 Å². The molecule has 2 fully saturated rings. The largest absolute Gasteiger partial charge is 0.444 e. The van der Waals surface area contributed by atoms with Crippen molar-refractivity contribution in [2.24, 2.45) is 5.92 Å². The number of hydrogen-bond acceptors (Lipinski definition) is 4. The first kappa shape index (κ1) is 18.5. The summed E-state index contributed by atoms with van der Waals surface area (Å²) in [5, 5.41) is 3.67. The van der Waals surface area contributed by atoms with E-state index in [9.17, 15) is 4.79 Å². The van der Waals surface area contributed by atoms with E-state index in [4.69, 9.17) is 9.47 Å². The number of ether oxygens (including phenoxy) is 2. The highest BCUT2D eigenvalue weighted by atomic mass is 16.6. The van der Waals surface area contributed by atoms with E-state index in [1.165, 1.54) is 32.1 Å². The Bertz CT molecular complexity index is 381. The van der Waals surface area contributed by atoms with Gasteiger partial charge >= 0.3 is 6.09 Å². The Balaban J connectivity index is 1.85. The number of nitrogens with zero attached hydrogens (tertiary/aromatic N) is 1. The molecule has 0 aromatic heterocycles. The third kappa shape index (κ3) is 5.96. The van der Waals surface area contributed by atoms with E-state index in [1.54, 1.807) is 0 Å². The Morgan fingerprint density at radius 3 is 2.83 bits per heavy atom. The third-order valence-corrected chi connectivity index (χ3v) is 4.86. The van der Waals surface area contributed by atoms with E-state index in [0.29, 0.717) is 25.8 Å². The zero-order valence-corrected chi connectivity index (χ0v) is 15.3. The summed E-state index contributed by atoms with van der Waals surface area (Å²) in [6.45, 7) is 10.6. The van der Waals surface area contributed by atoms with E-state index >= 15 is 0 Å². The van der Waals surface area contributed by atoms with Gasteiger partial charge in [0.15, 0.2) is 0 Å². The molecule has 5 nitrogen and oxygen atoms in total. The Kier molecular flexibility index (Phi) is 6.72. The number of hydrogen-bond donors (Lipinski definition) is 1. The number of carbonyl (C=O) groups is 1. The molecule has 5 heteroatoms. The lowest BCUT2D eigenvalue weighted by molar-refractivity contribution is -0.0325. The van der Waals surface area contributed by atoms with Crippen molar-refractivity contribution in [3.8, 4) is 0 Å². The first-order valence-corrected chi connectivity index (χ1v) is 9.19. The van der Waals surface area contributed by atoms with E-state index in [1.807, 2.05) is 25.7 Å². The summed E-state index contributed by atoms with van der Waals surface area (Å²) in [6, 6.07) is 0.650. The average molecular weight is 326 g/mol. The zero-order chi connectivity index (χ0) is 16.9. The number of rotatable bonds is 4. The van der Waals surface area contributed by atoms with E-state index in [0.717, 1.165) is 12.5 Å². The van der Waals surface area contributed by atoms with Crippen molar-refractivity contribution >= 4 is 6.09 Å². The molecule has 0 aromatic rings. The maximum absolute atomic E-state index is 12.4. The minimum absolute atomic E-state index is 0.0700. The summed E-state index contributed by atoms with van der Waals surface area (Å²) >= 11 is 0. The van der Waals surface area contributed by atoms with Gasteiger partial charge in [0, 0.05) is 19.1 Å². The van der Waals surface area contributed by atoms with Crippen molar-refractivity contribution < 1.29 is 14.3 Å². The SMILES string of the molecule is CCC1CCCC(NCC2COCCN2C(=O)OC(C)(C)C)C1. The maximum Gasteiger partial charge on any atom is 0.410 e. The van der Waals surface area contributed by atoms with Crippen LogP contribution >= 0.6 is 0 Å². The van der Waals surface area contributed by atoms with Crippen LogP contribution < -0.4 is 5.32 Å². The molecule has 1 heterocycles. The molecule has 1 aliphatic carbocycles. The van der Waals surface area contributed by atoms with Gasteiger partial charge in [0.05, 0.1) is 19.3 Å². The molecule has 1 N–H and O–H groups in total. The van der Waals surface area contributed by atoms with Crippen molar-refractivity contribution in [1.29, 1.82) is 0 Å². The molecule has 0 radical (unpaired) electrons. The molecular weight excluding hydrogens is 292 g/mol. The van der Waals surface area contributed by atoms with Crippen molar-refractivity contribution in [1.82, 2.24) is 10.2 Å². The summed E-state index contributed by atoms with van der Waals surface area (Å²) in [7, 11) is 0. The minimum Gasteiger partial charge on any atom is -0.444 e. The summed E-state index contributed by atoms with van der Waals surface area (Å²) in [5.74, 6) is 0.853. The first-order valence-electron chi connectivity index (χ1n) is 9.19. The minimum atomic E-state index is -0.453. The average Bonchev–Trinajstić information content (AvgIpc) is 2.52. The highest BCUT2D eigenvalue weighted by Crippen LogP contribution is 2.26. The van der Waals surface area contributed by atoms with Gasteiger partial charge in [0.1, 0.15) is 5.60 Å². The van der Waals surface area contributed by atoms with Crippen molar-refractivity contribution in [2.45, 2.75) is 77.5 Å². The molecule has 2 aliphatic rings. The van der Waals surface area contributed by atoms with Gasteiger partial charge in [-0.2, -0.15) is 0 Å². The van der Waals surface area contributed by atoms with Crippen LogP contribution in [0.15, 0.2) is 0 Å². The van der Waals surface area contributed by atoms with Gasteiger partial charge in [0.25, 0.3) is 0 Å². The van der Waals surface area contributed by atoms with Crippen LogP contribution in [-0.4, -0.2) is 55.0 Å². The van der Waals surface area contributed by atoms with Gasteiger partial charge in [-0.25, -0.2) is 4.79 Å². The highest BCUT2D eigenvalue weighted by molar-refractivity contribution is 5.68. The normalized spacial score (nSPS) is 29.4. The second-order valence-corrected chi connectivity index (χ2v) is 7.95. The van der Waals surface area contributed by atoms with Gasteiger partial charge in [0.2, 0.25) is 0 Å². The van der Waals surface area contributed by atoms with Crippen LogP contribution in [0.3, 0.4) is 0 Å². The van der Waals surface area contributed by atoms with Crippen LogP contribution in [0.5, 0.6) is 0 Å². The number of amides is 1. The molecule has 1 amide bonds. The molecule has 1 saturated carbocycles. The van der Waals surface area contributed by atoms with E-state index in [2.05, 4.69) is 12.2 Å². The lowest BCUT2D eigenvalue weighted by Crippen LogP contribution is -2.55. The Morgan fingerprint density at radius 1 is 1.35 bits per heavy atom. The molecule has 134 valence electrons. The quantitative estimate of drug-likeness (QED) is 0.862. The van der Waals surface area contributed by atoms with Crippen molar-refractivity contribution in [3.05, 3.63) is 0 Å². The number of carbonyl (C=O) groups excluding carboxylic acids is 1. The topological polar surface area (TPSA) is 50.8 Å². The zero-order valence-electron chi connectivity index (χ0n) is 15.3. The molecule has 1 saturated heterocycles. The van der Waals surface area contributed by atoms with Gasteiger partial charge in [-0.15, -0.1) is 0 Å². The molecule has 23 heavy (non-hydrogen) atoms. The molecule has 0 aromatic carbocycles. The van der Waals surface area contributed by atoms with Crippen molar-refractivity contribution in [2.75, 3.05) is 26.3 Å². The molecule has 2 rings (SSSR count). The fraction of sp³-hybridized carbons (Fsp3) is 0.944. The van der Waals surface area contributed by atoms with Gasteiger partial charge < -0.3 is 14.8 Å². The summed E-state index contributed by atoms with van der Waals surface area (Å²) in [5.41, 5.74) is -0.453. The monoisotopic (exact) mass is 326 g/mol. The number of morpholine rings is 1. The highest BCUT2D eigenvalue weighted by Gasteiger charge is 2.31. The summed E-state index contributed by atoms with van der Waals surface area (Å²) in [6.07, 6.45) is 6.24. The second kappa shape index (κ2) is 8.34. The fourth-order valence-electron chi connectivity index (χ4n) is 3.53. The van der Waals surface area contributed by atoms with Crippen molar-refractivity contribution in [3.63, 3.8) is 0 Å². The van der Waals surface area contributed by atoms with Crippen LogP contribution in [0.25, 0.3) is 0 Å². The summed E-state index contributed by atoms with van der Waals surface area (Å²) in [4.78, 5) is 14.2. The second-order valence-electron chi connectivity index (χ2n) is 7.95. The van der Waals surface area contributed by atoms with Gasteiger partial charge in [-0.3, -0.25) is 4.90 Å². The first-order chi connectivity index (χ1) is 10.9. The predicted molar refractivity (Wildman–Crippen MR) is 91.6 cm³/mol.